The molecule has 0 bridgehead atoms. The van der Waals surface area contributed by atoms with Gasteiger partial charge in [-0.3, -0.25) is 0 Å². The van der Waals surface area contributed by atoms with Crippen molar-refractivity contribution in [2.75, 3.05) is 14.2 Å². The zero-order valence-electron chi connectivity index (χ0n) is 7.70. The van der Waals surface area contributed by atoms with Gasteiger partial charge in [0, 0.05) is 0 Å². The van der Waals surface area contributed by atoms with E-state index in [-0.39, 0.29) is 16.2 Å². The van der Waals surface area contributed by atoms with E-state index in [4.69, 9.17) is 4.74 Å². The van der Waals surface area contributed by atoms with E-state index in [1.807, 2.05) is 0 Å². The molecule has 0 heterocycles. The zero-order valence-corrected chi connectivity index (χ0v) is 8.60. The smallest absolute Gasteiger partial charge is 0.340 e. The van der Waals surface area contributed by atoms with Crippen molar-refractivity contribution < 1.29 is 18.7 Å². The molecule has 5 heteroatoms. The van der Waals surface area contributed by atoms with Gasteiger partial charge in [-0.05, 0) is 12.1 Å². The maximum Gasteiger partial charge on any atom is 0.340 e. The van der Waals surface area contributed by atoms with Crippen molar-refractivity contribution in [3.8, 4) is 5.75 Å². The van der Waals surface area contributed by atoms with Gasteiger partial charge in [-0.25, -0.2) is 9.18 Å². The summed E-state index contributed by atoms with van der Waals surface area (Å²) in [5, 5.41) is 0. The second kappa shape index (κ2) is 4.32. The summed E-state index contributed by atoms with van der Waals surface area (Å²) in [4.78, 5) is 11.0. The van der Waals surface area contributed by atoms with Gasteiger partial charge in [0.25, 0.3) is 0 Å². The van der Waals surface area contributed by atoms with Crippen LogP contribution >= 0.6 is 12.6 Å². The van der Waals surface area contributed by atoms with Crippen LogP contribution in [-0.2, 0) is 4.74 Å². The number of methoxy groups -OCH3 is 2. The van der Waals surface area contributed by atoms with Crippen LogP contribution < -0.4 is 4.74 Å². The van der Waals surface area contributed by atoms with Crippen molar-refractivity contribution in [2.45, 2.75) is 4.90 Å². The maximum absolute atomic E-state index is 13.4. The quantitative estimate of drug-likeness (QED) is 0.606. The van der Waals surface area contributed by atoms with E-state index >= 15 is 0 Å². The molecule has 0 aliphatic rings. The Labute approximate surface area is 86.2 Å². The first-order chi connectivity index (χ1) is 6.61. The Morgan fingerprint density at radius 2 is 2.07 bits per heavy atom. The topological polar surface area (TPSA) is 35.5 Å². The Morgan fingerprint density at radius 3 is 2.57 bits per heavy atom. The highest BCUT2D eigenvalue weighted by Gasteiger charge is 2.16. The Morgan fingerprint density at radius 1 is 1.43 bits per heavy atom. The summed E-state index contributed by atoms with van der Waals surface area (Å²) in [6.07, 6.45) is 0. The van der Waals surface area contributed by atoms with Crippen LogP contribution in [0.1, 0.15) is 10.4 Å². The molecule has 0 atom stereocenters. The van der Waals surface area contributed by atoms with Crippen LogP contribution in [0, 0.1) is 5.82 Å². The summed E-state index contributed by atoms with van der Waals surface area (Å²) >= 11 is 3.89. The molecule has 0 saturated heterocycles. The number of benzene rings is 1. The number of rotatable bonds is 2. The van der Waals surface area contributed by atoms with E-state index in [0.29, 0.717) is 0 Å². The molecule has 76 valence electrons. The average molecular weight is 216 g/mol. The summed E-state index contributed by atoms with van der Waals surface area (Å²) in [5.41, 5.74) is -0.154. The van der Waals surface area contributed by atoms with Gasteiger partial charge in [0.2, 0.25) is 0 Å². The van der Waals surface area contributed by atoms with Gasteiger partial charge in [0.1, 0.15) is 5.75 Å². The van der Waals surface area contributed by atoms with Gasteiger partial charge in [-0.1, -0.05) is 0 Å². The van der Waals surface area contributed by atoms with Crippen molar-refractivity contribution in [2.24, 2.45) is 0 Å². The van der Waals surface area contributed by atoms with E-state index in [1.54, 1.807) is 0 Å². The number of carbonyl (C=O) groups is 1. The van der Waals surface area contributed by atoms with Gasteiger partial charge in [-0.15, -0.1) is 12.6 Å². The lowest BCUT2D eigenvalue weighted by molar-refractivity contribution is 0.0594. The molecule has 0 aliphatic heterocycles. The molecule has 1 aromatic carbocycles. The highest BCUT2D eigenvalue weighted by molar-refractivity contribution is 7.80. The molecule has 0 saturated carbocycles. The summed E-state index contributed by atoms with van der Waals surface area (Å²) in [7, 11) is 2.58. The van der Waals surface area contributed by atoms with Gasteiger partial charge in [0.15, 0.2) is 5.82 Å². The largest absolute Gasteiger partial charge is 0.495 e. The standard InChI is InChI=1S/C9H9FO3S/c1-12-6-4-3-5(9(11)13-2)7(10)8(6)14/h3-4,14H,1-2H3. The van der Waals surface area contributed by atoms with E-state index in [9.17, 15) is 9.18 Å². The number of halogens is 1. The Hall–Kier alpha value is -1.23. The van der Waals surface area contributed by atoms with Crippen LogP contribution in [0.2, 0.25) is 0 Å². The Kier molecular flexibility index (Phi) is 3.35. The fourth-order valence-electron chi connectivity index (χ4n) is 0.979. The third-order valence-electron chi connectivity index (χ3n) is 1.70. The summed E-state index contributed by atoms with van der Waals surface area (Å²) in [6.45, 7) is 0. The predicted octanol–water partition coefficient (Wildman–Crippen LogP) is 1.91. The van der Waals surface area contributed by atoms with Gasteiger partial charge in [0.05, 0.1) is 24.7 Å². The van der Waals surface area contributed by atoms with Crippen LogP contribution in [0.25, 0.3) is 0 Å². The van der Waals surface area contributed by atoms with E-state index in [2.05, 4.69) is 17.4 Å². The molecule has 0 aromatic heterocycles. The van der Waals surface area contributed by atoms with E-state index < -0.39 is 11.8 Å². The number of thiol groups is 1. The molecule has 1 rings (SSSR count). The number of esters is 1. The van der Waals surface area contributed by atoms with Crippen molar-refractivity contribution >= 4 is 18.6 Å². The fraction of sp³-hybridized carbons (Fsp3) is 0.222. The first-order valence-corrected chi connectivity index (χ1v) is 4.20. The fourth-order valence-corrected chi connectivity index (χ4v) is 1.27. The minimum absolute atomic E-state index is 0.00426. The zero-order chi connectivity index (χ0) is 10.7. The minimum atomic E-state index is -0.737. The number of ether oxygens (including phenoxy) is 2. The molecule has 1 aromatic rings. The van der Waals surface area contributed by atoms with E-state index in [0.717, 1.165) is 0 Å². The van der Waals surface area contributed by atoms with Crippen LogP contribution in [0.15, 0.2) is 17.0 Å². The average Bonchev–Trinajstić information content (AvgIpc) is 2.21. The van der Waals surface area contributed by atoms with Crippen molar-refractivity contribution in [1.82, 2.24) is 0 Å². The van der Waals surface area contributed by atoms with Crippen molar-refractivity contribution in [1.29, 1.82) is 0 Å². The summed E-state index contributed by atoms with van der Waals surface area (Å²) < 4.78 is 22.6. The Balaban J connectivity index is 3.24. The number of hydrogen-bond donors (Lipinski definition) is 1. The SMILES string of the molecule is COC(=O)c1ccc(OC)c(S)c1F. The predicted molar refractivity (Wildman–Crippen MR) is 51.5 cm³/mol. The van der Waals surface area contributed by atoms with Gasteiger partial charge in [-0.2, -0.15) is 0 Å². The molecule has 0 radical (unpaired) electrons. The lowest BCUT2D eigenvalue weighted by Gasteiger charge is -2.07. The number of carbonyl (C=O) groups excluding carboxylic acids is 1. The third kappa shape index (κ3) is 1.82. The van der Waals surface area contributed by atoms with Crippen molar-refractivity contribution in [3.05, 3.63) is 23.5 Å². The van der Waals surface area contributed by atoms with Gasteiger partial charge < -0.3 is 9.47 Å². The van der Waals surface area contributed by atoms with E-state index in [1.165, 1.54) is 26.4 Å². The molecule has 0 unspecified atom stereocenters. The maximum atomic E-state index is 13.4. The second-order valence-corrected chi connectivity index (χ2v) is 2.92. The van der Waals surface area contributed by atoms with Crippen molar-refractivity contribution in [3.63, 3.8) is 0 Å². The monoisotopic (exact) mass is 216 g/mol. The first kappa shape index (κ1) is 10.8. The summed E-state index contributed by atoms with van der Waals surface area (Å²) in [5.74, 6) is -1.20. The molecule has 0 N–H and O–H groups in total. The van der Waals surface area contributed by atoms with Crippen LogP contribution in [0.4, 0.5) is 4.39 Å². The number of hydrogen-bond acceptors (Lipinski definition) is 4. The van der Waals surface area contributed by atoms with Crippen LogP contribution in [0.3, 0.4) is 0 Å². The highest BCUT2D eigenvalue weighted by Crippen LogP contribution is 2.27. The molecule has 0 fully saturated rings. The first-order valence-electron chi connectivity index (χ1n) is 3.75. The molecule has 0 aliphatic carbocycles. The molecular formula is C9H9FO3S. The Bertz CT molecular complexity index is 365. The third-order valence-corrected chi connectivity index (χ3v) is 2.12. The molecular weight excluding hydrogens is 207 g/mol. The molecule has 14 heavy (non-hydrogen) atoms. The lowest BCUT2D eigenvalue weighted by atomic mass is 10.2. The lowest BCUT2D eigenvalue weighted by Crippen LogP contribution is -2.05. The molecule has 0 amide bonds. The molecule has 0 spiro atoms. The van der Waals surface area contributed by atoms with Crippen LogP contribution in [0.5, 0.6) is 5.75 Å². The van der Waals surface area contributed by atoms with Crippen LogP contribution in [-0.4, -0.2) is 20.2 Å². The van der Waals surface area contributed by atoms with Gasteiger partial charge >= 0.3 is 5.97 Å². The normalized spacial score (nSPS) is 9.71. The molecule has 3 nitrogen and oxygen atoms in total. The highest BCUT2D eigenvalue weighted by atomic mass is 32.1. The summed E-state index contributed by atoms with van der Waals surface area (Å²) in [6, 6.07) is 2.75. The second-order valence-electron chi connectivity index (χ2n) is 2.47. The minimum Gasteiger partial charge on any atom is -0.495 e.